The third-order valence-electron chi connectivity index (χ3n) is 5.91. The SMILES string of the molecule is CCCCCC=CCC=CCCCCCCCC(=O)NNc1ccc(Cc2ccccc2)cc1. The summed E-state index contributed by atoms with van der Waals surface area (Å²) in [5, 5.41) is 0. The molecule has 0 spiro atoms. The minimum Gasteiger partial charge on any atom is -0.299 e. The third-order valence-corrected chi connectivity index (χ3v) is 5.91. The van der Waals surface area contributed by atoms with Gasteiger partial charge in [-0.1, -0.05) is 106 Å². The van der Waals surface area contributed by atoms with Gasteiger partial charge in [0, 0.05) is 6.42 Å². The molecule has 3 nitrogen and oxygen atoms in total. The number of hydrogen-bond acceptors (Lipinski definition) is 2. The molecular formula is C31H44N2O. The van der Waals surface area contributed by atoms with Crippen molar-refractivity contribution in [3.8, 4) is 0 Å². The first-order valence-corrected chi connectivity index (χ1v) is 13.3. The molecule has 3 heteroatoms. The van der Waals surface area contributed by atoms with Gasteiger partial charge in [-0.3, -0.25) is 15.6 Å². The van der Waals surface area contributed by atoms with Gasteiger partial charge in [0.05, 0.1) is 5.69 Å². The molecule has 0 unspecified atom stereocenters. The molecule has 0 aliphatic carbocycles. The number of hydrazine groups is 1. The van der Waals surface area contributed by atoms with Crippen LogP contribution in [0.2, 0.25) is 0 Å². The van der Waals surface area contributed by atoms with E-state index >= 15 is 0 Å². The average Bonchev–Trinajstić information content (AvgIpc) is 2.86. The number of nitrogens with one attached hydrogen (secondary N) is 2. The summed E-state index contributed by atoms with van der Waals surface area (Å²) in [7, 11) is 0. The van der Waals surface area contributed by atoms with Gasteiger partial charge in [-0.05, 0) is 68.2 Å². The molecular weight excluding hydrogens is 416 g/mol. The monoisotopic (exact) mass is 460 g/mol. The van der Waals surface area contributed by atoms with Crippen LogP contribution in [-0.2, 0) is 11.2 Å². The number of unbranched alkanes of at least 4 members (excludes halogenated alkanes) is 8. The van der Waals surface area contributed by atoms with E-state index in [9.17, 15) is 4.79 Å². The normalized spacial score (nSPS) is 11.3. The molecule has 1 amide bonds. The number of hydrogen-bond donors (Lipinski definition) is 2. The van der Waals surface area contributed by atoms with Crippen molar-refractivity contribution in [3.05, 3.63) is 90.0 Å². The van der Waals surface area contributed by atoms with Gasteiger partial charge >= 0.3 is 0 Å². The minimum atomic E-state index is 0.0547. The molecule has 184 valence electrons. The molecule has 0 aliphatic heterocycles. The van der Waals surface area contributed by atoms with E-state index in [1.54, 1.807) is 0 Å². The Bertz CT molecular complexity index is 824. The van der Waals surface area contributed by atoms with Crippen LogP contribution in [0.15, 0.2) is 78.9 Å². The molecule has 2 aromatic carbocycles. The van der Waals surface area contributed by atoms with Crippen molar-refractivity contribution in [2.75, 3.05) is 5.43 Å². The fraction of sp³-hybridized carbons (Fsp3) is 0.452. The quantitative estimate of drug-likeness (QED) is 0.133. The van der Waals surface area contributed by atoms with Crippen LogP contribution >= 0.6 is 0 Å². The summed E-state index contributed by atoms with van der Waals surface area (Å²) in [5.74, 6) is 0.0547. The summed E-state index contributed by atoms with van der Waals surface area (Å²) in [5.41, 5.74) is 9.31. The molecule has 2 rings (SSSR count). The molecule has 0 aliphatic rings. The van der Waals surface area contributed by atoms with E-state index in [1.165, 1.54) is 56.1 Å². The molecule has 0 radical (unpaired) electrons. The van der Waals surface area contributed by atoms with Gasteiger partial charge in [-0.15, -0.1) is 0 Å². The molecule has 0 atom stereocenters. The van der Waals surface area contributed by atoms with Crippen LogP contribution in [0, 0.1) is 0 Å². The second kappa shape index (κ2) is 18.6. The molecule has 0 saturated heterocycles. The molecule has 0 saturated carbocycles. The highest BCUT2D eigenvalue weighted by Gasteiger charge is 2.01. The molecule has 0 aromatic heterocycles. The maximum absolute atomic E-state index is 12.1. The molecule has 0 heterocycles. The second-order valence-corrected chi connectivity index (χ2v) is 9.01. The predicted molar refractivity (Wildman–Crippen MR) is 147 cm³/mol. The summed E-state index contributed by atoms with van der Waals surface area (Å²) in [6.07, 6.45) is 23.8. The number of carbonyl (C=O) groups is 1. The van der Waals surface area contributed by atoms with Gasteiger partial charge in [0.2, 0.25) is 5.91 Å². The fourth-order valence-electron chi connectivity index (χ4n) is 3.84. The number of carbonyl (C=O) groups excluding carboxylic acids is 1. The van der Waals surface area contributed by atoms with Crippen LogP contribution in [0.25, 0.3) is 0 Å². The van der Waals surface area contributed by atoms with E-state index in [0.717, 1.165) is 37.8 Å². The number of benzene rings is 2. The van der Waals surface area contributed by atoms with Crippen molar-refractivity contribution in [1.29, 1.82) is 0 Å². The number of anilines is 1. The van der Waals surface area contributed by atoms with Crippen LogP contribution in [0.4, 0.5) is 5.69 Å². The lowest BCUT2D eigenvalue weighted by molar-refractivity contribution is -0.120. The summed E-state index contributed by atoms with van der Waals surface area (Å²) in [6, 6.07) is 18.7. The lowest BCUT2D eigenvalue weighted by Crippen LogP contribution is -2.28. The highest BCUT2D eigenvalue weighted by Crippen LogP contribution is 2.13. The smallest absolute Gasteiger partial charge is 0.238 e. The predicted octanol–water partition coefficient (Wildman–Crippen LogP) is 8.53. The van der Waals surface area contributed by atoms with Crippen molar-refractivity contribution in [2.24, 2.45) is 0 Å². The number of rotatable bonds is 18. The Morgan fingerprint density at radius 2 is 1.32 bits per heavy atom. The van der Waals surface area contributed by atoms with Crippen molar-refractivity contribution in [1.82, 2.24) is 5.43 Å². The Hall–Kier alpha value is -2.81. The van der Waals surface area contributed by atoms with E-state index in [-0.39, 0.29) is 5.91 Å². The van der Waals surface area contributed by atoms with Crippen LogP contribution in [0.1, 0.15) is 95.1 Å². The lowest BCUT2D eigenvalue weighted by Gasteiger charge is -2.09. The summed E-state index contributed by atoms with van der Waals surface area (Å²) in [4.78, 5) is 12.1. The first-order chi connectivity index (χ1) is 16.8. The molecule has 0 fully saturated rings. The Morgan fingerprint density at radius 3 is 2.03 bits per heavy atom. The summed E-state index contributed by atoms with van der Waals surface area (Å²) < 4.78 is 0. The van der Waals surface area contributed by atoms with E-state index in [4.69, 9.17) is 0 Å². The average molecular weight is 461 g/mol. The van der Waals surface area contributed by atoms with Gasteiger partial charge in [0.1, 0.15) is 0 Å². The maximum atomic E-state index is 12.1. The summed E-state index contributed by atoms with van der Waals surface area (Å²) >= 11 is 0. The fourth-order valence-corrected chi connectivity index (χ4v) is 3.84. The Balaban J connectivity index is 1.43. The van der Waals surface area contributed by atoms with Gasteiger partial charge in [0.15, 0.2) is 0 Å². The van der Waals surface area contributed by atoms with Crippen molar-refractivity contribution >= 4 is 11.6 Å². The minimum absolute atomic E-state index is 0.0547. The van der Waals surface area contributed by atoms with Crippen LogP contribution in [0.5, 0.6) is 0 Å². The van der Waals surface area contributed by atoms with Crippen LogP contribution in [0.3, 0.4) is 0 Å². The first kappa shape index (κ1) is 27.4. The molecule has 34 heavy (non-hydrogen) atoms. The highest BCUT2D eigenvalue weighted by molar-refractivity contribution is 5.77. The standard InChI is InChI=1S/C31H44N2O/c1-2-3-4-5-6-7-8-9-10-11-12-13-14-15-19-22-31(34)33-32-30-25-23-29(24-26-30)27-28-20-17-16-18-21-28/h6-7,9-10,16-18,20-21,23-26,32H,2-5,8,11-15,19,22,27H2,1H3,(H,33,34). The Kier molecular flexibility index (Phi) is 15.0. The Labute approximate surface area is 207 Å². The van der Waals surface area contributed by atoms with E-state index in [0.29, 0.717) is 6.42 Å². The van der Waals surface area contributed by atoms with E-state index < -0.39 is 0 Å². The largest absolute Gasteiger partial charge is 0.299 e. The topological polar surface area (TPSA) is 41.1 Å². The van der Waals surface area contributed by atoms with Crippen LogP contribution < -0.4 is 10.9 Å². The molecule has 2 N–H and O–H groups in total. The van der Waals surface area contributed by atoms with Gasteiger partial charge in [-0.2, -0.15) is 0 Å². The zero-order chi connectivity index (χ0) is 24.1. The van der Waals surface area contributed by atoms with Crippen molar-refractivity contribution < 1.29 is 4.79 Å². The maximum Gasteiger partial charge on any atom is 0.238 e. The molecule has 2 aromatic rings. The van der Waals surface area contributed by atoms with Crippen molar-refractivity contribution in [2.45, 2.75) is 90.4 Å². The number of amides is 1. The van der Waals surface area contributed by atoms with Gasteiger partial charge in [-0.25, -0.2) is 0 Å². The zero-order valence-electron chi connectivity index (χ0n) is 21.1. The third kappa shape index (κ3) is 13.7. The van der Waals surface area contributed by atoms with Gasteiger partial charge < -0.3 is 0 Å². The second-order valence-electron chi connectivity index (χ2n) is 9.01. The Morgan fingerprint density at radius 1 is 0.706 bits per heavy atom. The zero-order valence-corrected chi connectivity index (χ0v) is 21.1. The highest BCUT2D eigenvalue weighted by atomic mass is 16.2. The van der Waals surface area contributed by atoms with E-state index in [2.05, 4.69) is 78.5 Å². The van der Waals surface area contributed by atoms with Crippen molar-refractivity contribution in [3.63, 3.8) is 0 Å². The molecule has 0 bridgehead atoms. The lowest BCUT2D eigenvalue weighted by atomic mass is 10.1. The van der Waals surface area contributed by atoms with E-state index in [1.807, 2.05) is 18.2 Å². The number of allylic oxidation sites excluding steroid dienone is 4. The van der Waals surface area contributed by atoms with Crippen LogP contribution in [-0.4, -0.2) is 5.91 Å². The van der Waals surface area contributed by atoms with Gasteiger partial charge in [0.25, 0.3) is 0 Å². The summed E-state index contributed by atoms with van der Waals surface area (Å²) in [6.45, 7) is 2.25. The first-order valence-electron chi connectivity index (χ1n) is 13.3.